The Morgan fingerprint density at radius 3 is 2.48 bits per heavy atom. The van der Waals surface area contributed by atoms with Gasteiger partial charge in [0.15, 0.2) is 0 Å². The second-order valence-corrected chi connectivity index (χ2v) is 8.17. The fourth-order valence-electron chi connectivity index (χ4n) is 3.71. The van der Waals surface area contributed by atoms with E-state index in [9.17, 15) is 24.1 Å². The molecular formula is C20H18FN3O4S. The molecule has 2 amide bonds. The minimum atomic E-state index is -0.466. The number of nitro groups is 1. The molecule has 0 aliphatic carbocycles. The van der Waals surface area contributed by atoms with Gasteiger partial charge in [-0.3, -0.25) is 19.7 Å². The molecule has 2 aromatic rings. The molecule has 2 aliphatic rings. The number of benzene rings is 2. The van der Waals surface area contributed by atoms with Crippen molar-refractivity contribution in [2.24, 2.45) is 5.92 Å². The molecule has 0 saturated carbocycles. The quantitative estimate of drug-likeness (QED) is 0.565. The number of nitrogens with zero attached hydrogens (tertiary/aromatic N) is 3. The lowest BCUT2D eigenvalue weighted by molar-refractivity contribution is -0.384. The third kappa shape index (κ3) is 3.82. The number of rotatable bonds is 4. The molecule has 2 unspecified atom stereocenters. The Labute approximate surface area is 170 Å². The molecule has 2 atom stereocenters. The Bertz CT molecular complexity index is 951. The van der Waals surface area contributed by atoms with Gasteiger partial charge < -0.3 is 9.80 Å². The Hall–Kier alpha value is -2.94. The van der Waals surface area contributed by atoms with E-state index in [0.29, 0.717) is 12.2 Å². The van der Waals surface area contributed by atoms with E-state index in [4.69, 9.17) is 0 Å². The molecule has 0 N–H and O–H groups in total. The highest BCUT2D eigenvalue weighted by molar-refractivity contribution is 7.99. The molecule has 0 radical (unpaired) electrons. The number of hydrogen-bond acceptors (Lipinski definition) is 5. The van der Waals surface area contributed by atoms with E-state index in [2.05, 4.69) is 0 Å². The number of carbonyl (C=O) groups is 2. The summed E-state index contributed by atoms with van der Waals surface area (Å²) >= 11 is 1.60. The molecule has 2 saturated heterocycles. The highest BCUT2D eigenvalue weighted by Gasteiger charge is 2.41. The van der Waals surface area contributed by atoms with Crippen LogP contribution in [0.2, 0.25) is 0 Å². The summed E-state index contributed by atoms with van der Waals surface area (Å²) in [5.74, 6) is -0.347. The molecule has 7 nitrogen and oxygen atoms in total. The molecule has 0 aromatic heterocycles. The molecule has 2 aliphatic heterocycles. The third-order valence-electron chi connectivity index (χ3n) is 5.18. The van der Waals surface area contributed by atoms with E-state index < -0.39 is 10.8 Å². The number of carbonyl (C=O) groups excluding carboxylic acids is 2. The first-order valence-corrected chi connectivity index (χ1v) is 10.2. The minimum Gasteiger partial charge on any atom is -0.325 e. The molecule has 2 aromatic carbocycles. The maximum Gasteiger partial charge on any atom is 0.269 e. The van der Waals surface area contributed by atoms with Crippen molar-refractivity contribution in [1.29, 1.82) is 0 Å². The molecule has 4 rings (SSSR count). The predicted molar refractivity (Wildman–Crippen MR) is 107 cm³/mol. The summed E-state index contributed by atoms with van der Waals surface area (Å²) in [6.07, 6.45) is 0.115. The van der Waals surface area contributed by atoms with E-state index in [1.54, 1.807) is 28.8 Å². The Kier molecular flexibility index (Phi) is 5.23. The van der Waals surface area contributed by atoms with Gasteiger partial charge in [-0.1, -0.05) is 0 Å². The smallest absolute Gasteiger partial charge is 0.269 e. The van der Waals surface area contributed by atoms with Crippen LogP contribution in [0.1, 0.15) is 17.4 Å². The zero-order valence-corrected chi connectivity index (χ0v) is 16.2. The Balaban J connectivity index is 1.49. The van der Waals surface area contributed by atoms with Crippen LogP contribution >= 0.6 is 11.8 Å². The standard InChI is InChI=1S/C20H18FN3O4S/c21-15-3-7-16(8-4-15)23-12-14(11-18(23)25)19(26)22-9-10-29-20(22)13-1-5-17(6-2-13)24(27)28/h1-8,14,20H,9-12H2. The van der Waals surface area contributed by atoms with Crippen LogP contribution in [0, 0.1) is 21.8 Å². The van der Waals surface area contributed by atoms with Crippen LogP contribution in [-0.4, -0.2) is 40.5 Å². The lowest BCUT2D eigenvalue weighted by Crippen LogP contribution is -2.37. The molecule has 0 spiro atoms. The van der Waals surface area contributed by atoms with Crippen molar-refractivity contribution in [1.82, 2.24) is 4.90 Å². The highest BCUT2D eigenvalue weighted by atomic mass is 32.2. The number of anilines is 1. The van der Waals surface area contributed by atoms with Gasteiger partial charge >= 0.3 is 0 Å². The van der Waals surface area contributed by atoms with Gasteiger partial charge in [0.1, 0.15) is 11.2 Å². The fraction of sp³-hybridized carbons (Fsp3) is 0.300. The van der Waals surface area contributed by atoms with Crippen LogP contribution in [0.15, 0.2) is 48.5 Å². The van der Waals surface area contributed by atoms with Gasteiger partial charge in [-0.25, -0.2) is 4.39 Å². The van der Waals surface area contributed by atoms with Gasteiger partial charge in [0, 0.05) is 43.1 Å². The summed E-state index contributed by atoms with van der Waals surface area (Å²) in [6.45, 7) is 0.823. The number of hydrogen-bond donors (Lipinski definition) is 0. The maximum atomic E-state index is 13.1. The summed E-state index contributed by atoms with van der Waals surface area (Å²) in [6, 6.07) is 11.9. The van der Waals surface area contributed by atoms with Crippen LogP contribution < -0.4 is 4.90 Å². The van der Waals surface area contributed by atoms with Gasteiger partial charge in [0.2, 0.25) is 11.8 Å². The highest BCUT2D eigenvalue weighted by Crippen LogP contribution is 2.40. The van der Waals surface area contributed by atoms with Crippen LogP contribution in [0.5, 0.6) is 0 Å². The molecule has 2 heterocycles. The summed E-state index contributed by atoms with van der Waals surface area (Å²) in [5.41, 5.74) is 1.41. The normalized spacial score (nSPS) is 21.6. The summed E-state index contributed by atoms with van der Waals surface area (Å²) < 4.78 is 13.1. The molecule has 150 valence electrons. The van der Waals surface area contributed by atoms with Crippen molar-refractivity contribution in [2.45, 2.75) is 11.8 Å². The zero-order valence-electron chi connectivity index (χ0n) is 15.4. The number of thioether (sulfide) groups is 1. The van der Waals surface area contributed by atoms with Crippen LogP contribution in [0.4, 0.5) is 15.8 Å². The summed E-state index contributed by atoms with van der Waals surface area (Å²) in [7, 11) is 0. The number of non-ortho nitro benzene ring substituents is 1. The number of nitro benzene ring substituents is 1. The molecule has 0 bridgehead atoms. The monoisotopic (exact) mass is 415 g/mol. The SMILES string of the molecule is O=C1CC(C(=O)N2CCSC2c2ccc([N+](=O)[O-])cc2)CN1c1ccc(F)cc1. The molecule has 2 fully saturated rings. The van der Waals surface area contributed by atoms with Gasteiger partial charge in [0.05, 0.1) is 10.8 Å². The maximum absolute atomic E-state index is 13.1. The zero-order chi connectivity index (χ0) is 20.5. The first-order chi connectivity index (χ1) is 13.9. The lowest BCUT2D eigenvalue weighted by atomic mass is 10.1. The minimum absolute atomic E-state index is 0.00551. The number of halogens is 1. The van der Waals surface area contributed by atoms with Gasteiger partial charge in [0.25, 0.3) is 5.69 Å². The van der Waals surface area contributed by atoms with Crippen molar-refractivity contribution in [3.8, 4) is 0 Å². The van der Waals surface area contributed by atoms with Gasteiger partial charge in [-0.05, 0) is 42.0 Å². The van der Waals surface area contributed by atoms with Crippen molar-refractivity contribution in [2.75, 3.05) is 23.7 Å². The van der Waals surface area contributed by atoms with Crippen LogP contribution in [0.25, 0.3) is 0 Å². The third-order valence-corrected chi connectivity index (χ3v) is 6.44. The van der Waals surface area contributed by atoms with Gasteiger partial charge in [-0.2, -0.15) is 0 Å². The topological polar surface area (TPSA) is 83.8 Å². The summed E-state index contributed by atoms with van der Waals surface area (Å²) in [4.78, 5) is 39.3. The van der Waals surface area contributed by atoms with E-state index >= 15 is 0 Å². The van der Waals surface area contributed by atoms with Crippen molar-refractivity contribution in [3.63, 3.8) is 0 Å². The first kappa shape index (κ1) is 19.4. The Morgan fingerprint density at radius 2 is 1.83 bits per heavy atom. The van der Waals surface area contributed by atoms with Crippen LogP contribution in [0.3, 0.4) is 0 Å². The largest absolute Gasteiger partial charge is 0.325 e. The van der Waals surface area contributed by atoms with E-state index in [0.717, 1.165) is 11.3 Å². The fourth-order valence-corrected chi connectivity index (χ4v) is 4.97. The van der Waals surface area contributed by atoms with Crippen molar-refractivity contribution in [3.05, 3.63) is 70.0 Å². The van der Waals surface area contributed by atoms with E-state index in [1.165, 1.54) is 41.3 Å². The Morgan fingerprint density at radius 1 is 1.14 bits per heavy atom. The van der Waals surface area contributed by atoms with Gasteiger partial charge in [-0.15, -0.1) is 11.8 Å². The van der Waals surface area contributed by atoms with Crippen LogP contribution in [-0.2, 0) is 9.59 Å². The van der Waals surface area contributed by atoms with E-state index in [1.807, 2.05) is 0 Å². The van der Waals surface area contributed by atoms with E-state index in [-0.39, 0.29) is 41.7 Å². The van der Waals surface area contributed by atoms with Crippen molar-refractivity contribution < 1.29 is 18.9 Å². The first-order valence-electron chi connectivity index (χ1n) is 9.16. The second kappa shape index (κ2) is 7.82. The average molecular weight is 415 g/mol. The number of amides is 2. The predicted octanol–water partition coefficient (Wildman–Crippen LogP) is 3.36. The molecule has 29 heavy (non-hydrogen) atoms. The van der Waals surface area contributed by atoms with Crippen molar-refractivity contribution >= 4 is 35.0 Å². The molecular weight excluding hydrogens is 397 g/mol. The molecule has 9 heteroatoms. The average Bonchev–Trinajstić information content (AvgIpc) is 3.35. The second-order valence-electron chi connectivity index (χ2n) is 6.99. The summed E-state index contributed by atoms with van der Waals surface area (Å²) in [5, 5.41) is 10.6. The lowest BCUT2D eigenvalue weighted by Gasteiger charge is -2.26.